The highest BCUT2D eigenvalue weighted by Crippen LogP contribution is 2.34. The molecule has 0 radical (unpaired) electrons. The summed E-state index contributed by atoms with van der Waals surface area (Å²) in [6.45, 7) is 12.9. The largest absolute Gasteiger partial charge is 0.381 e. The summed E-state index contributed by atoms with van der Waals surface area (Å²) < 4.78 is 43.7. The summed E-state index contributed by atoms with van der Waals surface area (Å²) in [4.78, 5) is 0.287. The number of aromatic nitrogens is 2. The molecule has 0 spiro atoms. The Morgan fingerprint density at radius 3 is 2.62 bits per heavy atom. The standard InChI is InChI=1S/C34H47N3O4S/c1-5-26-13-15-29(16-14-26)36(23-25(3)4)42(38,39)30-17-18-31-32(11-9-10-28-19-21-40-24-27(28)6-2)35-37(33(31)22-30)34-12-7-8-20-41-34/h6,13-18,22,25,27-28,34H,2,5,7-12,19-21,23-24H2,1,3-4H3/t27-,28?,34?/m0/s1. The molecule has 0 bridgehead atoms. The summed E-state index contributed by atoms with van der Waals surface area (Å²) in [5.74, 6) is 1.16. The van der Waals surface area contributed by atoms with Crippen LogP contribution in [0, 0.1) is 17.8 Å². The highest BCUT2D eigenvalue weighted by atomic mass is 32.2. The average Bonchev–Trinajstić information content (AvgIpc) is 3.38. The Bertz CT molecular complexity index is 1440. The zero-order chi connectivity index (χ0) is 29.7. The van der Waals surface area contributed by atoms with E-state index in [2.05, 4.69) is 13.5 Å². The number of hydrogen-bond acceptors (Lipinski definition) is 5. The fourth-order valence-corrected chi connectivity index (χ4v) is 7.97. The maximum atomic E-state index is 14.2. The maximum Gasteiger partial charge on any atom is 0.264 e. The molecule has 0 aliphatic carbocycles. The van der Waals surface area contributed by atoms with Gasteiger partial charge in [-0.2, -0.15) is 5.10 Å². The Balaban J connectivity index is 1.47. The number of nitrogens with zero attached hydrogens (tertiary/aromatic N) is 3. The number of benzene rings is 2. The molecule has 5 rings (SSSR count). The van der Waals surface area contributed by atoms with E-state index in [1.165, 1.54) is 5.56 Å². The van der Waals surface area contributed by atoms with Gasteiger partial charge in [0.25, 0.3) is 10.0 Å². The monoisotopic (exact) mass is 593 g/mol. The van der Waals surface area contributed by atoms with E-state index in [0.717, 1.165) is 81.2 Å². The van der Waals surface area contributed by atoms with Crippen LogP contribution in [0.15, 0.2) is 60.0 Å². The van der Waals surface area contributed by atoms with E-state index in [0.29, 0.717) is 30.7 Å². The third-order valence-electron chi connectivity index (χ3n) is 8.78. The number of hydrogen-bond donors (Lipinski definition) is 0. The van der Waals surface area contributed by atoms with Crippen LogP contribution in [0.5, 0.6) is 0 Å². The third kappa shape index (κ3) is 6.76. The van der Waals surface area contributed by atoms with Crippen LogP contribution < -0.4 is 4.31 Å². The van der Waals surface area contributed by atoms with E-state index in [9.17, 15) is 8.42 Å². The summed E-state index contributed by atoms with van der Waals surface area (Å²) in [7, 11) is -3.81. The molecule has 3 atom stereocenters. The Labute approximate surface area is 251 Å². The van der Waals surface area contributed by atoms with Gasteiger partial charge in [-0.1, -0.05) is 39.0 Å². The van der Waals surface area contributed by atoms with Crippen LogP contribution in [-0.4, -0.2) is 44.6 Å². The van der Waals surface area contributed by atoms with E-state index in [-0.39, 0.29) is 17.0 Å². The lowest BCUT2D eigenvalue weighted by Crippen LogP contribution is -2.34. The number of aryl methyl sites for hydroxylation is 2. The van der Waals surface area contributed by atoms with Gasteiger partial charge >= 0.3 is 0 Å². The van der Waals surface area contributed by atoms with Gasteiger partial charge in [0.1, 0.15) is 0 Å². The first-order chi connectivity index (χ1) is 20.3. The molecule has 8 heteroatoms. The minimum atomic E-state index is -3.81. The summed E-state index contributed by atoms with van der Waals surface area (Å²) in [5.41, 5.74) is 3.72. The summed E-state index contributed by atoms with van der Waals surface area (Å²) >= 11 is 0. The third-order valence-corrected chi connectivity index (χ3v) is 10.6. The van der Waals surface area contributed by atoms with Crippen molar-refractivity contribution in [3.63, 3.8) is 0 Å². The predicted molar refractivity (Wildman–Crippen MR) is 169 cm³/mol. The molecular formula is C34H47N3O4S. The zero-order valence-corrected chi connectivity index (χ0v) is 26.3. The number of ether oxygens (including phenoxy) is 2. The van der Waals surface area contributed by atoms with Crippen LogP contribution in [0.4, 0.5) is 5.69 Å². The summed E-state index contributed by atoms with van der Waals surface area (Å²) in [5, 5.41) is 6.08. The van der Waals surface area contributed by atoms with E-state index in [1.807, 2.05) is 61.0 Å². The molecule has 0 saturated carbocycles. The molecular weight excluding hydrogens is 546 g/mol. The first kappa shape index (κ1) is 30.8. The summed E-state index contributed by atoms with van der Waals surface area (Å²) in [6.07, 6.45) is 9.78. The topological polar surface area (TPSA) is 73.7 Å². The van der Waals surface area contributed by atoms with Gasteiger partial charge in [0, 0.05) is 31.1 Å². The van der Waals surface area contributed by atoms with Crippen molar-refractivity contribution in [3.05, 3.63) is 66.4 Å². The second-order valence-corrected chi connectivity index (χ2v) is 14.1. The Morgan fingerprint density at radius 2 is 1.93 bits per heavy atom. The van der Waals surface area contributed by atoms with Crippen molar-refractivity contribution >= 4 is 26.6 Å². The first-order valence-corrected chi connectivity index (χ1v) is 17.2. The molecule has 2 aromatic carbocycles. The molecule has 42 heavy (non-hydrogen) atoms. The Kier molecular flexibility index (Phi) is 10.1. The minimum Gasteiger partial charge on any atom is -0.381 e. The Hall–Kier alpha value is -2.68. The van der Waals surface area contributed by atoms with Crippen molar-refractivity contribution in [3.8, 4) is 0 Å². The molecule has 7 nitrogen and oxygen atoms in total. The van der Waals surface area contributed by atoms with E-state index in [4.69, 9.17) is 14.6 Å². The number of anilines is 1. The second-order valence-electron chi connectivity index (χ2n) is 12.3. The van der Waals surface area contributed by atoms with E-state index >= 15 is 0 Å². The Morgan fingerprint density at radius 1 is 1.12 bits per heavy atom. The van der Waals surface area contributed by atoms with Crippen LogP contribution in [0.2, 0.25) is 0 Å². The highest BCUT2D eigenvalue weighted by molar-refractivity contribution is 7.92. The van der Waals surface area contributed by atoms with Crippen LogP contribution in [-0.2, 0) is 32.3 Å². The van der Waals surface area contributed by atoms with Crippen LogP contribution in [0.25, 0.3) is 10.9 Å². The van der Waals surface area contributed by atoms with E-state index < -0.39 is 10.0 Å². The van der Waals surface area contributed by atoms with Crippen LogP contribution >= 0.6 is 0 Å². The number of fused-ring (bicyclic) bond motifs is 1. The van der Waals surface area contributed by atoms with Crippen molar-refractivity contribution in [1.82, 2.24) is 9.78 Å². The highest BCUT2D eigenvalue weighted by Gasteiger charge is 2.29. The number of rotatable bonds is 12. The quantitative estimate of drug-likeness (QED) is 0.206. The molecule has 2 fully saturated rings. The van der Waals surface area contributed by atoms with Gasteiger partial charge in [-0.25, -0.2) is 13.1 Å². The van der Waals surface area contributed by atoms with Gasteiger partial charge in [0.05, 0.1) is 28.4 Å². The molecule has 2 unspecified atom stereocenters. The lowest BCUT2D eigenvalue weighted by Gasteiger charge is -2.29. The van der Waals surface area contributed by atoms with Crippen LogP contribution in [0.1, 0.15) is 76.8 Å². The molecule has 228 valence electrons. The lowest BCUT2D eigenvalue weighted by atomic mass is 9.84. The van der Waals surface area contributed by atoms with Gasteiger partial charge in [0.2, 0.25) is 0 Å². The molecule has 0 N–H and O–H groups in total. The fraction of sp³-hybridized carbons (Fsp3) is 0.559. The maximum absolute atomic E-state index is 14.2. The fourth-order valence-electron chi connectivity index (χ4n) is 6.32. The second kappa shape index (κ2) is 13.7. The molecule has 3 aromatic rings. The van der Waals surface area contributed by atoms with Gasteiger partial charge in [0.15, 0.2) is 6.23 Å². The molecule has 2 aliphatic rings. The molecule has 1 aromatic heterocycles. The molecule has 3 heterocycles. The van der Waals surface area contributed by atoms with Crippen molar-refractivity contribution in [2.45, 2.75) is 83.3 Å². The molecule has 2 aliphatic heterocycles. The number of sulfonamides is 1. The normalized spacial score (nSPS) is 21.6. The average molecular weight is 594 g/mol. The van der Waals surface area contributed by atoms with Crippen molar-refractivity contribution in [2.75, 3.05) is 30.7 Å². The smallest absolute Gasteiger partial charge is 0.264 e. The molecule has 2 saturated heterocycles. The zero-order valence-electron chi connectivity index (χ0n) is 25.5. The van der Waals surface area contributed by atoms with Gasteiger partial charge in [-0.15, -0.1) is 6.58 Å². The van der Waals surface area contributed by atoms with Crippen molar-refractivity contribution < 1.29 is 17.9 Å². The first-order valence-electron chi connectivity index (χ1n) is 15.8. The van der Waals surface area contributed by atoms with Gasteiger partial charge in [-0.05, 0) is 99.1 Å². The van der Waals surface area contributed by atoms with Crippen molar-refractivity contribution in [1.29, 1.82) is 0 Å². The summed E-state index contributed by atoms with van der Waals surface area (Å²) in [6, 6.07) is 13.4. The van der Waals surface area contributed by atoms with Crippen LogP contribution in [0.3, 0.4) is 0 Å². The predicted octanol–water partition coefficient (Wildman–Crippen LogP) is 7.31. The van der Waals surface area contributed by atoms with Crippen molar-refractivity contribution in [2.24, 2.45) is 17.8 Å². The SMILES string of the molecule is C=C[C@H]1COCCC1CCCc1nn(C2CCCCO2)c2cc(S(=O)(=O)N(CC(C)C)c3ccc(CC)cc3)ccc12. The van der Waals surface area contributed by atoms with E-state index in [1.54, 1.807) is 10.4 Å². The van der Waals surface area contributed by atoms with Gasteiger partial charge in [-0.3, -0.25) is 4.31 Å². The molecule has 0 amide bonds. The lowest BCUT2D eigenvalue weighted by molar-refractivity contribution is -0.0369. The minimum absolute atomic E-state index is 0.165. The van der Waals surface area contributed by atoms with Gasteiger partial charge < -0.3 is 9.47 Å².